The highest BCUT2D eigenvalue weighted by Crippen LogP contribution is 2.30. The zero-order valence-corrected chi connectivity index (χ0v) is 28.7. The van der Waals surface area contributed by atoms with Gasteiger partial charge in [0.05, 0.1) is 10.6 Å². The van der Waals surface area contributed by atoms with Crippen LogP contribution in [0.15, 0.2) is 102 Å². The first kappa shape index (κ1) is 34.4. The average Bonchev–Trinajstić information content (AvgIpc) is 3.00. The predicted molar refractivity (Wildman–Crippen MR) is 185 cm³/mol. The molecule has 0 radical (unpaired) electrons. The van der Waals surface area contributed by atoms with Gasteiger partial charge >= 0.3 is 0 Å². The molecule has 0 saturated carbocycles. The lowest BCUT2D eigenvalue weighted by molar-refractivity contribution is -0.140. The highest BCUT2D eigenvalue weighted by atomic mass is 32.2. The molecule has 7 nitrogen and oxygen atoms in total. The normalized spacial score (nSPS) is 12.3. The Hall–Kier alpha value is -4.43. The summed E-state index contributed by atoms with van der Waals surface area (Å²) in [6.45, 7) is 13.0. The maximum atomic E-state index is 14.7. The summed E-state index contributed by atoms with van der Waals surface area (Å²) in [6.07, 6.45) is 0.258. The Balaban J connectivity index is 1.86. The standard InChI is InChI=1S/C38H45N3O4S/c1-27-20-22-33(23-21-27)46(44,45)41(34-19-13-15-28(2)30(34)4)26-36(42)40(25-32-18-12-11-14-29(32)3)35(37(43)39-38(5,6)7)24-31-16-9-8-10-17-31/h8-23,35H,24-26H2,1-7H3,(H,39,43). The summed E-state index contributed by atoms with van der Waals surface area (Å²) in [4.78, 5) is 30.4. The van der Waals surface area contributed by atoms with Crippen molar-refractivity contribution >= 4 is 27.5 Å². The fourth-order valence-electron chi connectivity index (χ4n) is 5.33. The number of carbonyl (C=O) groups excluding carboxylic acids is 2. The number of aryl methyl sites for hydroxylation is 3. The lowest BCUT2D eigenvalue weighted by atomic mass is 10.00. The third-order valence-electron chi connectivity index (χ3n) is 8.10. The van der Waals surface area contributed by atoms with Gasteiger partial charge in [-0.25, -0.2) is 8.42 Å². The lowest BCUT2D eigenvalue weighted by Gasteiger charge is -2.36. The molecular weight excluding hydrogens is 595 g/mol. The minimum Gasteiger partial charge on any atom is -0.350 e. The van der Waals surface area contributed by atoms with Crippen LogP contribution in [0.2, 0.25) is 0 Å². The molecule has 4 aromatic carbocycles. The minimum atomic E-state index is -4.17. The molecule has 242 valence electrons. The topological polar surface area (TPSA) is 86.8 Å². The fraction of sp³-hybridized carbons (Fsp3) is 0.316. The number of amides is 2. The number of rotatable bonds is 11. The molecule has 0 aliphatic heterocycles. The van der Waals surface area contributed by atoms with Crippen LogP contribution in [0, 0.1) is 27.7 Å². The molecule has 4 rings (SSSR count). The molecule has 0 bridgehead atoms. The molecule has 8 heteroatoms. The number of hydrogen-bond acceptors (Lipinski definition) is 4. The van der Waals surface area contributed by atoms with Crippen molar-refractivity contribution in [2.75, 3.05) is 10.8 Å². The molecule has 0 aromatic heterocycles. The van der Waals surface area contributed by atoms with Crippen LogP contribution in [-0.2, 0) is 32.6 Å². The molecule has 0 fully saturated rings. The van der Waals surface area contributed by atoms with Crippen molar-refractivity contribution in [1.29, 1.82) is 0 Å². The molecule has 1 N–H and O–H groups in total. The lowest BCUT2D eigenvalue weighted by Crippen LogP contribution is -2.56. The highest BCUT2D eigenvalue weighted by molar-refractivity contribution is 7.92. The van der Waals surface area contributed by atoms with Gasteiger partial charge in [0.2, 0.25) is 11.8 Å². The van der Waals surface area contributed by atoms with Crippen LogP contribution in [0.5, 0.6) is 0 Å². The average molecular weight is 640 g/mol. The van der Waals surface area contributed by atoms with Crippen molar-refractivity contribution in [3.8, 4) is 0 Å². The van der Waals surface area contributed by atoms with Crippen molar-refractivity contribution in [2.45, 2.75) is 77.9 Å². The first-order valence-corrected chi connectivity index (χ1v) is 17.0. The highest BCUT2D eigenvalue weighted by Gasteiger charge is 2.36. The monoisotopic (exact) mass is 639 g/mol. The van der Waals surface area contributed by atoms with Crippen LogP contribution in [0.25, 0.3) is 0 Å². The van der Waals surface area contributed by atoms with E-state index >= 15 is 0 Å². The van der Waals surface area contributed by atoms with E-state index in [-0.39, 0.29) is 23.8 Å². The number of carbonyl (C=O) groups is 2. The summed E-state index contributed by atoms with van der Waals surface area (Å²) < 4.78 is 29.9. The SMILES string of the molecule is Cc1ccc(S(=O)(=O)N(CC(=O)N(Cc2ccccc2C)C(Cc2ccccc2)C(=O)NC(C)(C)C)c2cccc(C)c2C)cc1. The second-order valence-corrected chi connectivity index (χ2v) is 14.8. The van der Waals surface area contributed by atoms with E-state index in [1.54, 1.807) is 41.3 Å². The third kappa shape index (κ3) is 8.43. The Morgan fingerprint density at radius 3 is 2.00 bits per heavy atom. The van der Waals surface area contributed by atoms with Gasteiger partial charge in [-0.05, 0) is 94.5 Å². The number of hydrogen-bond donors (Lipinski definition) is 1. The molecule has 0 heterocycles. The summed E-state index contributed by atoms with van der Waals surface area (Å²) in [5.74, 6) is -0.789. The molecule has 0 aliphatic carbocycles. The summed E-state index contributed by atoms with van der Waals surface area (Å²) in [7, 11) is -4.17. The smallest absolute Gasteiger partial charge is 0.264 e. The van der Waals surface area contributed by atoms with Gasteiger partial charge in [0.25, 0.3) is 10.0 Å². The molecule has 1 atom stereocenters. The van der Waals surface area contributed by atoms with E-state index in [1.807, 2.05) is 109 Å². The Morgan fingerprint density at radius 1 is 0.761 bits per heavy atom. The summed E-state index contributed by atoms with van der Waals surface area (Å²) >= 11 is 0. The first-order valence-electron chi connectivity index (χ1n) is 15.5. The second kappa shape index (κ2) is 14.3. The molecule has 0 aliphatic rings. The largest absolute Gasteiger partial charge is 0.350 e. The molecule has 0 saturated heterocycles. The zero-order chi connectivity index (χ0) is 33.6. The molecule has 46 heavy (non-hydrogen) atoms. The number of anilines is 1. The van der Waals surface area contributed by atoms with Gasteiger partial charge in [0.15, 0.2) is 0 Å². The summed E-state index contributed by atoms with van der Waals surface area (Å²) in [6, 6.07) is 28.4. The van der Waals surface area contributed by atoms with E-state index < -0.39 is 34.1 Å². The molecule has 4 aromatic rings. The van der Waals surface area contributed by atoms with Crippen molar-refractivity contribution in [2.24, 2.45) is 0 Å². The Labute approximate surface area is 274 Å². The first-order chi connectivity index (χ1) is 21.7. The van der Waals surface area contributed by atoms with Gasteiger partial charge in [0.1, 0.15) is 12.6 Å². The summed E-state index contributed by atoms with van der Waals surface area (Å²) in [5, 5.41) is 3.07. The number of benzene rings is 4. The number of nitrogens with one attached hydrogen (secondary N) is 1. The van der Waals surface area contributed by atoms with Crippen molar-refractivity contribution in [1.82, 2.24) is 10.2 Å². The van der Waals surface area contributed by atoms with E-state index in [4.69, 9.17) is 0 Å². The third-order valence-corrected chi connectivity index (χ3v) is 9.88. The van der Waals surface area contributed by atoms with Gasteiger partial charge in [-0.15, -0.1) is 0 Å². The van der Waals surface area contributed by atoms with Crippen molar-refractivity contribution < 1.29 is 18.0 Å². The van der Waals surface area contributed by atoms with E-state index in [9.17, 15) is 18.0 Å². The molecular formula is C38H45N3O4S. The Morgan fingerprint density at radius 2 is 1.37 bits per heavy atom. The van der Waals surface area contributed by atoms with Crippen LogP contribution < -0.4 is 9.62 Å². The molecule has 2 amide bonds. The van der Waals surface area contributed by atoms with Crippen LogP contribution in [0.3, 0.4) is 0 Å². The zero-order valence-electron chi connectivity index (χ0n) is 27.9. The van der Waals surface area contributed by atoms with Crippen LogP contribution in [0.4, 0.5) is 5.69 Å². The fourth-order valence-corrected chi connectivity index (χ4v) is 6.81. The minimum absolute atomic E-state index is 0.0866. The van der Waals surface area contributed by atoms with Gasteiger partial charge in [-0.2, -0.15) is 0 Å². The maximum absolute atomic E-state index is 14.7. The van der Waals surface area contributed by atoms with Crippen LogP contribution in [-0.4, -0.2) is 43.3 Å². The van der Waals surface area contributed by atoms with E-state index in [2.05, 4.69) is 5.32 Å². The number of nitrogens with zero attached hydrogens (tertiary/aromatic N) is 2. The Kier molecular flexibility index (Phi) is 10.7. The predicted octanol–water partition coefficient (Wildman–Crippen LogP) is 6.67. The molecule has 0 spiro atoms. The van der Waals surface area contributed by atoms with E-state index in [1.165, 1.54) is 4.31 Å². The van der Waals surface area contributed by atoms with Crippen molar-refractivity contribution in [3.05, 3.63) is 130 Å². The van der Waals surface area contributed by atoms with Gasteiger partial charge in [0, 0.05) is 18.5 Å². The van der Waals surface area contributed by atoms with Gasteiger partial charge < -0.3 is 10.2 Å². The van der Waals surface area contributed by atoms with Crippen LogP contribution >= 0.6 is 0 Å². The van der Waals surface area contributed by atoms with E-state index in [0.717, 1.165) is 33.4 Å². The van der Waals surface area contributed by atoms with Crippen LogP contribution in [0.1, 0.15) is 54.2 Å². The summed E-state index contributed by atoms with van der Waals surface area (Å²) in [5.41, 5.74) is 5.17. The van der Waals surface area contributed by atoms with Gasteiger partial charge in [-0.1, -0.05) is 84.4 Å². The Bertz CT molecular complexity index is 1780. The quantitative estimate of drug-likeness (QED) is 0.199. The van der Waals surface area contributed by atoms with E-state index in [0.29, 0.717) is 5.69 Å². The maximum Gasteiger partial charge on any atom is 0.264 e. The molecule has 1 unspecified atom stereocenters. The number of sulfonamides is 1. The van der Waals surface area contributed by atoms with Gasteiger partial charge in [-0.3, -0.25) is 13.9 Å². The second-order valence-electron chi connectivity index (χ2n) is 12.9. The van der Waals surface area contributed by atoms with Crippen molar-refractivity contribution in [3.63, 3.8) is 0 Å².